The van der Waals surface area contributed by atoms with Crippen molar-refractivity contribution < 1.29 is 4.79 Å². The van der Waals surface area contributed by atoms with Gasteiger partial charge in [0.25, 0.3) is 17.0 Å². The molecule has 0 fully saturated rings. The Labute approximate surface area is 137 Å². The van der Waals surface area contributed by atoms with Crippen molar-refractivity contribution in [1.29, 1.82) is 0 Å². The Morgan fingerprint density at radius 1 is 0.917 bits per heavy atom. The lowest BCUT2D eigenvalue weighted by molar-refractivity contribution is 0.102. The maximum atomic E-state index is 12.3. The number of aromatic amines is 2. The lowest BCUT2D eigenvalue weighted by Crippen LogP contribution is -2.19. The maximum Gasteiger partial charge on any atom is 0.270 e. The van der Waals surface area contributed by atoms with Gasteiger partial charge in [-0.1, -0.05) is 26.0 Å². The van der Waals surface area contributed by atoms with Crippen LogP contribution in [0.2, 0.25) is 0 Å². The van der Waals surface area contributed by atoms with E-state index in [1.54, 1.807) is 18.2 Å². The summed E-state index contributed by atoms with van der Waals surface area (Å²) in [6.45, 7) is 4.17. The number of benzene rings is 2. The molecule has 3 N–H and O–H groups in total. The Hall–Kier alpha value is -3.15. The van der Waals surface area contributed by atoms with Gasteiger partial charge in [-0.25, -0.2) is 0 Å². The van der Waals surface area contributed by atoms with Crippen molar-refractivity contribution in [2.45, 2.75) is 19.8 Å². The van der Waals surface area contributed by atoms with Crippen LogP contribution in [0.4, 0.5) is 5.69 Å². The van der Waals surface area contributed by atoms with Gasteiger partial charge in [0.2, 0.25) is 0 Å². The summed E-state index contributed by atoms with van der Waals surface area (Å²) in [5.74, 6) is 0.123. The van der Waals surface area contributed by atoms with Crippen LogP contribution in [-0.2, 0) is 0 Å². The molecule has 2 aromatic carbocycles. The Morgan fingerprint density at radius 2 is 1.54 bits per heavy atom. The molecule has 0 spiro atoms. The zero-order valence-corrected chi connectivity index (χ0v) is 13.3. The molecule has 0 aliphatic carbocycles. The van der Waals surface area contributed by atoms with Crippen molar-refractivity contribution >= 4 is 22.4 Å². The molecule has 24 heavy (non-hydrogen) atoms. The zero-order valence-electron chi connectivity index (χ0n) is 13.3. The number of rotatable bonds is 3. The summed E-state index contributed by atoms with van der Waals surface area (Å²) in [6, 6.07) is 12.0. The highest BCUT2D eigenvalue weighted by molar-refractivity contribution is 6.05. The van der Waals surface area contributed by atoms with Crippen LogP contribution in [0.1, 0.15) is 35.7 Å². The molecule has 6 nitrogen and oxygen atoms in total. The molecule has 0 radical (unpaired) electrons. The van der Waals surface area contributed by atoms with Crippen LogP contribution in [0.3, 0.4) is 0 Å². The first kappa shape index (κ1) is 15.7. The molecule has 0 bridgehead atoms. The lowest BCUT2D eigenvalue weighted by atomic mass is 10.0. The molecule has 0 saturated carbocycles. The minimum absolute atomic E-state index is 0.228. The van der Waals surface area contributed by atoms with Gasteiger partial charge in [-0.15, -0.1) is 0 Å². The van der Waals surface area contributed by atoms with Gasteiger partial charge in [0, 0.05) is 11.3 Å². The molecule has 1 aromatic heterocycles. The predicted molar refractivity (Wildman–Crippen MR) is 93.7 cm³/mol. The van der Waals surface area contributed by atoms with Crippen LogP contribution in [0, 0.1) is 0 Å². The van der Waals surface area contributed by atoms with E-state index in [-0.39, 0.29) is 22.2 Å². The Bertz CT molecular complexity index is 1010. The quantitative estimate of drug-likeness (QED) is 0.691. The molecule has 0 aliphatic heterocycles. The van der Waals surface area contributed by atoms with E-state index in [0.29, 0.717) is 17.2 Å². The van der Waals surface area contributed by atoms with Gasteiger partial charge < -0.3 is 5.32 Å². The second-order valence-electron chi connectivity index (χ2n) is 5.90. The van der Waals surface area contributed by atoms with Gasteiger partial charge >= 0.3 is 0 Å². The number of H-pyrrole nitrogens is 2. The standard InChI is InChI=1S/C18H17N3O3/c1-10(2)11-3-5-12(6-4-11)16(22)19-13-7-8-14-15(9-13)18(24)21-20-17(14)23/h3-10H,1-2H3,(H,19,22)(H,20,23)(H,21,24). The van der Waals surface area contributed by atoms with E-state index in [4.69, 9.17) is 0 Å². The van der Waals surface area contributed by atoms with E-state index in [0.717, 1.165) is 5.56 Å². The van der Waals surface area contributed by atoms with Gasteiger partial charge in [-0.05, 0) is 41.8 Å². The molecule has 6 heteroatoms. The summed E-state index contributed by atoms with van der Waals surface area (Å²) in [5.41, 5.74) is 1.34. The molecule has 0 atom stereocenters. The van der Waals surface area contributed by atoms with E-state index >= 15 is 0 Å². The number of amides is 1. The highest BCUT2D eigenvalue weighted by Gasteiger charge is 2.09. The molecule has 3 rings (SSSR count). The van der Waals surface area contributed by atoms with Crippen molar-refractivity contribution in [3.8, 4) is 0 Å². The number of carbonyl (C=O) groups is 1. The number of nitrogens with one attached hydrogen (secondary N) is 3. The van der Waals surface area contributed by atoms with Crippen molar-refractivity contribution in [2.24, 2.45) is 0 Å². The number of fused-ring (bicyclic) bond motifs is 1. The van der Waals surface area contributed by atoms with Crippen molar-refractivity contribution in [3.63, 3.8) is 0 Å². The maximum absolute atomic E-state index is 12.3. The largest absolute Gasteiger partial charge is 0.322 e. The number of hydrogen-bond donors (Lipinski definition) is 3. The van der Waals surface area contributed by atoms with E-state index < -0.39 is 5.56 Å². The van der Waals surface area contributed by atoms with E-state index in [2.05, 4.69) is 29.4 Å². The zero-order chi connectivity index (χ0) is 17.3. The highest BCUT2D eigenvalue weighted by atomic mass is 16.2. The minimum Gasteiger partial charge on any atom is -0.322 e. The van der Waals surface area contributed by atoms with Crippen LogP contribution in [0.5, 0.6) is 0 Å². The fourth-order valence-electron chi connectivity index (χ4n) is 2.48. The van der Waals surface area contributed by atoms with Crippen molar-refractivity contribution in [1.82, 2.24) is 10.2 Å². The summed E-state index contributed by atoms with van der Waals surface area (Å²) in [4.78, 5) is 35.8. The minimum atomic E-state index is -0.415. The van der Waals surface area contributed by atoms with Crippen molar-refractivity contribution in [3.05, 3.63) is 74.3 Å². The molecular weight excluding hydrogens is 306 g/mol. The Morgan fingerprint density at radius 3 is 2.17 bits per heavy atom. The van der Waals surface area contributed by atoms with Crippen LogP contribution in [0.25, 0.3) is 10.8 Å². The third kappa shape index (κ3) is 2.99. The third-order valence-electron chi connectivity index (χ3n) is 3.90. The van der Waals surface area contributed by atoms with Crippen LogP contribution in [0.15, 0.2) is 52.1 Å². The number of aromatic nitrogens is 2. The second kappa shape index (κ2) is 6.16. The molecule has 3 aromatic rings. The van der Waals surface area contributed by atoms with E-state index in [1.807, 2.05) is 12.1 Å². The smallest absolute Gasteiger partial charge is 0.270 e. The second-order valence-corrected chi connectivity index (χ2v) is 5.90. The highest BCUT2D eigenvalue weighted by Crippen LogP contribution is 2.17. The van der Waals surface area contributed by atoms with Crippen LogP contribution >= 0.6 is 0 Å². The average molecular weight is 323 g/mol. The molecule has 1 amide bonds. The molecule has 0 unspecified atom stereocenters. The van der Waals surface area contributed by atoms with Gasteiger partial charge in [-0.3, -0.25) is 24.6 Å². The summed E-state index contributed by atoms with van der Waals surface area (Å²) >= 11 is 0. The monoisotopic (exact) mass is 323 g/mol. The van der Waals surface area contributed by atoms with Crippen LogP contribution < -0.4 is 16.4 Å². The van der Waals surface area contributed by atoms with Gasteiger partial charge in [0.1, 0.15) is 0 Å². The summed E-state index contributed by atoms with van der Waals surface area (Å²) in [6.07, 6.45) is 0. The SMILES string of the molecule is CC(C)c1ccc(C(=O)Nc2ccc3c(=O)[nH][nH]c(=O)c3c2)cc1. The Balaban J connectivity index is 1.89. The summed E-state index contributed by atoms with van der Waals surface area (Å²) < 4.78 is 0. The normalized spacial score (nSPS) is 11.0. The summed E-state index contributed by atoms with van der Waals surface area (Å²) in [7, 11) is 0. The van der Waals surface area contributed by atoms with Crippen LogP contribution in [-0.4, -0.2) is 16.1 Å². The third-order valence-corrected chi connectivity index (χ3v) is 3.90. The topological polar surface area (TPSA) is 94.8 Å². The first-order chi connectivity index (χ1) is 11.5. The van der Waals surface area contributed by atoms with Gasteiger partial charge in [-0.2, -0.15) is 0 Å². The lowest BCUT2D eigenvalue weighted by Gasteiger charge is -2.08. The van der Waals surface area contributed by atoms with Gasteiger partial charge in [0.15, 0.2) is 0 Å². The van der Waals surface area contributed by atoms with E-state index in [1.165, 1.54) is 12.1 Å². The molecule has 1 heterocycles. The van der Waals surface area contributed by atoms with Crippen molar-refractivity contribution in [2.75, 3.05) is 5.32 Å². The van der Waals surface area contributed by atoms with Gasteiger partial charge in [0.05, 0.1) is 10.8 Å². The fourth-order valence-corrected chi connectivity index (χ4v) is 2.48. The number of hydrogen-bond acceptors (Lipinski definition) is 3. The number of anilines is 1. The fraction of sp³-hybridized carbons (Fsp3) is 0.167. The molecule has 122 valence electrons. The molecule has 0 saturated heterocycles. The predicted octanol–water partition coefficient (Wildman–Crippen LogP) is 2.59. The number of carbonyl (C=O) groups excluding carboxylic acids is 1. The Kier molecular flexibility index (Phi) is 4.04. The molecule has 0 aliphatic rings. The first-order valence-electron chi connectivity index (χ1n) is 7.62. The average Bonchev–Trinajstić information content (AvgIpc) is 2.58. The summed E-state index contributed by atoms with van der Waals surface area (Å²) in [5, 5.41) is 7.77. The molecular formula is C18H17N3O3. The first-order valence-corrected chi connectivity index (χ1v) is 7.62. The van der Waals surface area contributed by atoms with E-state index in [9.17, 15) is 14.4 Å².